The Bertz CT molecular complexity index is 6230. The molecular formula is C112H152ClN15O3S+10. The zero-order chi connectivity index (χ0) is 97.8. The lowest BCUT2D eigenvalue weighted by Gasteiger charge is -2.18. The number of rotatable bonds is 2. The lowest BCUT2D eigenvalue weighted by Crippen LogP contribution is -2.58. The summed E-state index contributed by atoms with van der Waals surface area (Å²) in [5, 5.41) is 16.2. The van der Waals surface area contributed by atoms with Crippen molar-refractivity contribution in [1.82, 2.24) is 25.0 Å². The predicted molar refractivity (Wildman–Crippen MR) is 538 cm³/mol. The number of pyridine rings is 3. The molecule has 0 radical (unpaired) electrons. The Hall–Kier alpha value is -11.9. The van der Waals surface area contributed by atoms with Crippen molar-refractivity contribution in [2.75, 3.05) is 0 Å². The fourth-order valence-electron chi connectivity index (χ4n) is 14.7. The highest BCUT2D eigenvalue weighted by Gasteiger charge is 2.35. The summed E-state index contributed by atoms with van der Waals surface area (Å²) < 4.78 is 35.7. The van der Waals surface area contributed by atoms with Gasteiger partial charge in [-0.15, -0.1) is 3.96 Å². The summed E-state index contributed by atoms with van der Waals surface area (Å²) in [6.07, 6.45) is 18.9. The second-order valence-corrected chi connectivity index (χ2v) is 44.2. The Morgan fingerprint density at radius 1 is 0.394 bits per heavy atom. The number of halogens is 1. The van der Waals surface area contributed by atoms with E-state index in [2.05, 4.69) is 433 Å². The van der Waals surface area contributed by atoms with Crippen molar-refractivity contribution >= 4 is 77.8 Å². The van der Waals surface area contributed by atoms with Crippen LogP contribution in [-0.4, -0.2) is 25.0 Å². The molecule has 20 heteroatoms. The molecule has 696 valence electrons. The van der Waals surface area contributed by atoms with Crippen LogP contribution in [-0.2, 0) is 62.3 Å². The number of para-hydroxylation sites is 7. The van der Waals surface area contributed by atoms with Crippen LogP contribution in [0.3, 0.4) is 0 Å². The quantitative estimate of drug-likeness (QED) is 0.124. The molecule has 132 heavy (non-hydrogen) atoms. The van der Waals surface area contributed by atoms with Crippen molar-refractivity contribution < 1.29 is 59.4 Å². The van der Waals surface area contributed by atoms with Crippen LogP contribution in [0.25, 0.3) is 71.7 Å². The van der Waals surface area contributed by atoms with E-state index in [9.17, 15) is 0 Å². The molecule has 0 saturated heterocycles. The summed E-state index contributed by atoms with van der Waals surface area (Å²) in [4.78, 5) is 12.0. The smallest absolute Gasteiger partial charge is 0.244 e. The second-order valence-electron chi connectivity index (χ2n) is 43.0. The third-order valence-electron chi connectivity index (χ3n) is 20.8. The van der Waals surface area contributed by atoms with E-state index in [1.165, 1.54) is 49.7 Å². The van der Waals surface area contributed by atoms with Crippen LogP contribution in [0.4, 0.5) is 0 Å². The van der Waals surface area contributed by atoms with E-state index in [1.54, 1.807) is 35.1 Å². The fourth-order valence-corrected chi connectivity index (χ4v) is 15.7. The van der Waals surface area contributed by atoms with Gasteiger partial charge in [0.2, 0.25) is 67.5 Å². The van der Waals surface area contributed by atoms with Crippen molar-refractivity contribution in [1.29, 1.82) is 0 Å². The Morgan fingerprint density at radius 3 is 1.33 bits per heavy atom. The minimum absolute atomic E-state index is 0.00377. The van der Waals surface area contributed by atoms with Crippen LogP contribution < -0.4 is 45.8 Å². The SMILES string of the molecule is CC(C)(C)[n+]1c2ccccc2c(Cl)c2ccccc21.CC(C)(C)[n+]1cccc2ccccc21.CC(C)(C)[n+]1cccnc1.CC(C)(C)[n+]1ccco1.CC(C)(C)[n+]1cccs1.CC(C)(C)[n+]1ccnc2ccccc21.CC(C)(C)[n+]1ncnn1-c1ccccc1.C[n+]1c(C(C)(C)C)ccc2ccccc21.Cc1cc(-c2ccccc2)o[n+]1C(C)(C)C.Cc1cc(C)[n+](C(C)(C)C)o1. The third kappa shape index (κ3) is 30.0. The van der Waals surface area contributed by atoms with Gasteiger partial charge in [-0.2, -0.15) is 18.3 Å². The monoisotopic (exact) mass is 1820 g/mol. The molecule has 0 aliphatic heterocycles. The molecule has 17 aromatic rings. The van der Waals surface area contributed by atoms with E-state index in [0.717, 1.165) is 49.8 Å². The molecule has 0 unspecified atom stereocenters. The van der Waals surface area contributed by atoms with Crippen LogP contribution in [0.5, 0.6) is 0 Å². The number of tetrazole rings is 1. The average molecular weight is 1820 g/mol. The van der Waals surface area contributed by atoms with E-state index in [0.29, 0.717) is 0 Å². The molecular weight excluding hydrogens is 1670 g/mol. The van der Waals surface area contributed by atoms with Gasteiger partial charge in [-0.25, -0.2) is 23.1 Å². The largest absolute Gasteiger partial charge is 0.297 e. The highest BCUT2D eigenvalue weighted by molar-refractivity contribution is 6.99. The fraction of sp³-hybridized carbons (Fsp3) is 0.393. The van der Waals surface area contributed by atoms with Gasteiger partial charge in [0.1, 0.15) is 47.1 Å². The number of hydrogen-bond donors (Lipinski definition) is 0. The second kappa shape index (κ2) is 44.5. The molecule has 0 spiro atoms. The van der Waals surface area contributed by atoms with Crippen LogP contribution in [0.15, 0.2) is 318 Å². The van der Waals surface area contributed by atoms with Gasteiger partial charge >= 0.3 is 0 Å². The van der Waals surface area contributed by atoms with Gasteiger partial charge in [0, 0.05) is 253 Å². The maximum atomic E-state index is 6.58. The van der Waals surface area contributed by atoms with Gasteiger partial charge in [-0.05, 0) is 120 Å². The summed E-state index contributed by atoms with van der Waals surface area (Å²) in [7, 11) is 2.14. The van der Waals surface area contributed by atoms with Crippen molar-refractivity contribution in [2.45, 2.75) is 284 Å². The summed E-state index contributed by atoms with van der Waals surface area (Å²) in [5.41, 5.74) is 13.9. The molecule has 0 amide bonds. The average Bonchev–Trinajstić information content (AvgIpc) is 0.902. The number of aryl methyl sites for hydroxylation is 4. The molecule has 0 fully saturated rings. The maximum Gasteiger partial charge on any atom is 0.297 e. The van der Waals surface area contributed by atoms with E-state index >= 15 is 0 Å². The minimum Gasteiger partial charge on any atom is -0.244 e. The van der Waals surface area contributed by atoms with Gasteiger partial charge in [0.05, 0.1) is 50.8 Å². The number of nitrogens with zero attached hydrogens (tertiary/aromatic N) is 15. The summed E-state index contributed by atoms with van der Waals surface area (Å²) >= 11 is 8.33. The van der Waals surface area contributed by atoms with Crippen molar-refractivity contribution in [3.05, 3.63) is 332 Å². The summed E-state index contributed by atoms with van der Waals surface area (Å²) in [5.74, 6) is 1.89. The molecule has 0 aliphatic carbocycles. The van der Waals surface area contributed by atoms with Crippen molar-refractivity contribution in [3.8, 4) is 17.0 Å². The first-order valence-corrected chi connectivity index (χ1v) is 47.0. The highest BCUT2D eigenvalue weighted by Crippen LogP contribution is 2.32. The first-order valence-electron chi connectivity index (χ1n) is 45.7. The molecule has 0 N–H and O–H groups in total. The molecule has 0 aliphatic rings. The molecule has 17 rings (SSSR count). The molecule has 7 aromatic carbocycles. The van der Waals surface area contributed by atoms with E-state index in [1.807, 2.05) is 154 Å². The lowest BCUT2D eigenvalue weighted by molar-refractivity contribution is -0.911. The number of fused-ring (bicyclic) bond motifs is 5. The molecule has 0 saturated carbocycles. The molecule has 10 heterocycles. The molecule has 10 aromatic heterocycles. The standard InChI is InChI=1S/C17H17ClN.C14H18NO.C14H18N.C13H16N.C12H15N2.C11H15N4.C9H16NO.C8H13N2.C7H12NO.C7H12NS/c1-17(2,3)19-14-10-6-4-8-12(14)16(18)13-9-5-7-11-15(13)19;1-11-10-13(12-8-6-5-7-9-12)16-15(11)14(2,3)4;1-14(2,3)13-10-9-11-7-5-6-8-12(11)15(13)4;1-13(2,3)14-10-6-8-11-7-4-5-9-12(11)14;1-12(2,3)14-9-8-13-10-6-4-5-7-11(10)14;1-11(2,3)15-13-9-12-14(15)10-7-5-4-6-8-10;1-7-6-8(2)11-10(7)9(3,4)5;1-8(2,3)10-6-4-5-9-7-10;2*1-7(2,3)8-5-4-6-9-8/h4-11H,1-3H3;5-10H,1-4H3;5-10H,1-4H3;4-10H,1-3H3;4-9H,1-3H3;4-9H,1-3H3;6H,1-5H3;4-7H,1-3H3;2*4-6H,1-3H3/q10*+1. The van der Waals surface area contributed by atoms with Crippen LogP contribution >= 0.6 is 23.1 Å². The Balaban J connectivity index is 0.000000182. The number of aromatic nitrogens is 15. The molecule has 0 atom stereocenters. The zero-order valence-corrected chi connectivity index (χ0v) is 87.2. The summed E-state index contributed by atoms with van der Waals surface area (Å²) in [6.45, 7) is 71.2. The van der Waals surface area contributed by atoms with Gasteiger partial charge in [-0.3, -0.25) is 0 Å². The predicted octanol–water partition coefficient (Wildman–Crippen LogP) is 23.6. The van der Waals surface area contributed by atoms with Crippen LogP contribution in [0.2, 0.25) is 5.02 Å². The van der Waals surface area contributed by atoms with Crippen LogP contribution in [0.1, 0.15) is 231 Å². The Morgan fingerprint density at radius 2 is 0.894 bits per heavy atom. The minimum atomic E-state index is -0.0770. The van der Waals surface area contributed by atoms with Gasteiger partial charge in [0.15, 0.2) is 58.5 Å². The first kappa shape index (κ1) is 105. The third-order valence-corrected chi connectivity index (χ3v) is 22.4. The van der Waals surface area contributed by atoms with Crippen LogP contribution in [0, 0.1) is 20.8 Å². The summed E-state index contributed by atoms with van der Waals surface area (Å²) in [6, 6.07) is 80.7. The Labute approximate surface area is 796 Å². The highest BCUT2D eigenvalue weighted by atomic mass is 35.5. The first-order chi connectivity index (χ1) is 61.5. The van der Waals surface area contributed by atoms with Crippen molar-refractivity contribution in [2.24, 2.45) is 7.05 Å². The normalized spacial score (nSPS) is 11.9. The van der Waals surface area contributed by atoms with Gasteiger partial charge in [-0.1, -0.05) is 147 Å². The lowest BCUT2D eigenvalue weighted by atomic mass is 9.90. The molecule has 18 nitrogen and oxygen atoms in total. The van der Waals surface area contributed by atoms with E-state index in [-0.39, 0.29) is 55.3 Å². The zero-order valence-electron chi connectivity index (χ0n) is 85.6. The topological polar surface area (TPSA) is 135 Å². The van der Waals surface area contributed by atoms with Gasteiger partial charge in [0.25, 0.3) is 12.7 Å². The Kier molecular flexibility index (Phi) is 35.6. The van der Waals surface area contributed by atoms with Crippen molar-refractivity contribution in [3.63, 3.8) is 0 Å². The number of hydrogen-bond acceptors (Lipinski definition) is 8. The van der Waals surface area contributed by atoms with Gasteiger partial charge < -0.3 is 0 Å². The number of benzene rings is 7. The molecule has 0 bridgehead atoms. The van der Waals surface area contributed by atoms with E-state index < -0.39 is 0 Å². The maximum absolute atomic E-state index is 6.58. The van der Waals surface area contributed by atoms with E-state index in [4.69, 9.17) is 25.2 Å².